The molecule has 20 heavy (non-hydrogen) atoms. The highest BCUT2D eigenvalue weighted by atomic mass is 16.5. The smallest absolute Gasteiger partial charge is 0.426 e. The number of benzene rings is 1. The molecule has 2 N–H and O–H groups in total. The number of nitrogens with one attached hydrogen (secondary N) is 2. The summed E-state index contributed by atoms with van der Waals surface area (Å²) in [6.07, 6.45) is 2.21. The average molecular weight is 275 g/mol. The summed E-state index contributed by atoms with van der Waals surface area (Å²) >= 11 is 0. The minimum absolute atomic E-state index is 0.226. The first-order chi connectivity index (χ1) is 9.70. The molecule has 0 aliphatic carbocycles. The van der Waals surface area contributed by atoms with E-state index in [4.69, 9.17) is 0 Å². The largest absolute Gasteiger partial charge is 0.449 e. The number of ether oxygens (including phenoxy) is 1. The number of rotatable bonds is 3. The SMILES string of the molecule is CCOC(=O)NNC(=O)c1cccc(-n2cncn2)c1. The van der Waals surface area contributed by atoms with Gasteiger partial charge in [0.2, 0.25) is 0 Å². The van der Waals surface area contributed by atoms with Crippen molar-refractivity contribution in [1.82, 2.24) is 25.6 Å². The first-order valence-corrected chi connectivity index (χ1v) is 5.89. The Hall–Kier alpha value is -2.90. The van der Waals surface area contributed by atoms with Crippen molar-refractivity contribution in [3.05, 3.63) is 42.5 Å². The fraction of sp³-hybridized carbons (Fsp3) is 0.167. The van der Waals surface area contributed by atoms with E-state index in [0.717, 1.165) is 0 Å². The zero-order valence-electron chi connectivity index (χ0n) is 10.7. The highest BCUT2D eigenvalue weighted by molar-refractivity contribution is 5.95. The highest BCUT2D eigenvalue weighted by Gasteiger charge is 2.08. The number of hydrogen-bond acceptors (Lipinski definition) is 5. The van der Waals surface area contributed by atoms with Gasteiger partial charge in [-0.2, -0.15) is 5.10 Å². The second kappa shape index (κ2) is 6.32. The van der Waals surface area contributed by atoms with Crippen molar-refractivity contribution in [3.63, 3.8) is 0 Å². The van der Waals surface area contributed by atoms with Gasteiger partial charge in [0.25, 0.3) is 5.91 Å². The molecule has 0 saturated carbocycles. The Kier molecular flexibility index (Phi) is 4.28. The van der Waals surface area contributed by atoms with Gasteiger partial charge in [0.15, 0.2) is 0 Å². The standard InChI is InChI=1S/C12H13N5O3/c1-2-20-12(19)16-15-11(18)9-4-3-5-10(6-9)17-8-13-7-14-17/h3-8H,2H2,1H3,(H,15,18)(H,16,19). The molecule has 0 aliphatic rings. The van der Waals surface area contributed by atoms with Gasteiger partial charge in [0.1, 0.15) is 12.7 Å². The number of carbonyl (C=O) groups is 2. The molecule has 1 heterocycles. The molecule has 0 atom stereocenters. The number of nitrogens with zero attached hydrogens (tertiary/aromatic N) is 3. The summed E-state index contributed by atoms with van der Waals surface area (Å²) in [4.78, 5) is 26.7. The van der Waals surface area contributed by atoms with Crippen LogP contribution in [0.1, 0.15) is 17.3 Å². The summed E-state index contributed by atoms with van der Waals surface area (Å²) in [5, 5.41) is 3.97. The molecule has 8 nitrogen and oxygen atoms in total. The summed E-state index contributed by atoms with van der Waals surface area (Å²) in [5.74, 6) is -0.458. The van der Waals surface area contributed by atoms with Crippen LogP contribution in [0.25, 0.3) is 5.69 Å². The lowest BCUT2D eigenvalue weighted by molar-refractivity contribution is 0.0912. The van der Waals surface area contributed by atoms with Crippen LogP contribution in [-0.2, 0) is 4.74 Å². The Morgan fingerprint density at radius 2 is 2.20 bits per heavy atom. The molecule has 104 valence electrons. The van der Waals surface area contributed by atoms with Crippen molar-refractivity contribution >= 4 is 12.0 Å². The molecule has 8 heteroatoms. The van der Waals surface area contributed by atoms with Gasteiger partial charge in [-0.05, 0) is 25.1 Å². The van der Waals surface area contributed by atoms with E-state index in [0.29, 0.717) is 11.3 Å². The molecule has 0 spiro atoms. The Balaban J connectivity index is 2.03. The predicted molar refractivity (Wildman–Crippen MR) is 69.0 cm³/mol. The normalized spacial score (nSPS) is 9.85. The molecule has 1 aromatic heterocycles. The van der Waals surface area contributed by atoms with Crippen LogP contribution >= 0.6 is 0 Å². The van der Waals surface area contributed by atoms with E-state index in [1.165, 1.54) is 17.3 Å². The maximum atomic E-state index is 11.8. The number of aromatic nitrogens is 3. The third kappa shape index (κ3) is 3.31. The molecular formula is C12H13N5O3. The van der Waals surface area contributed by atoms with Crippen LogP contribution in [0.2, 0.25) is 0 Å². The van der Waals surface area contributed by atoms with Gasteiger partial charge in [-0.25, -0.2) is 19.9 Å². The molecular weight excluding hydrogens is 262 g/mol. The molecule has 0 unspecified atom stereocenters. The second-order valence-corrected chi connectivity index (χ2v) is 3.69. The van der Waals surface area contributed by atoms with Crippen LogP contribution in [0.15, 0.2) is 36.9 Å². The van der Waals surface area contributed by atoms with Crippen LogP contribution in [0.3, 0.4) is 0 Å². The molecule has 2 rings (SSSR count). The van der Waals surface area contributed by atoms with Gasteiger partial charge in [-0.3, -0.25) is 10.2 Å². The molecule has 1 aromatic carbocycles. The Morgan fingerprint density at radius 1 is 1.35 bits per heavy atom. The van der Waals surface area contributed by atoms with Crippen molar-refractivity contribution in [3.8, 4) is 5.69 Å². The average Bonchev–Trinajstić information content (AvgIpc) is 2.99. The van der Waals surface area contributed by atoms with Gasteiger partial charge in [-0.15, -0.1) is 0 Å². The second-order valence-electron chi connectivity index (χ2n) is 3.69. The third-order valence-corrected chi connectivity index (χ3v) is 2.35. The number of hydrogen-bond donors (Lipinski definition) is 2. The van der Waals surface area contributed by atoms with Crippen molar-refractivity contribution in [1.29, 1.82) is 0 Å². The molecule has 2 aromatic rings. The summed E-state index contributed by atoms with van der Waals surface area (Å²) in [6.45, 7) is 1.90. The fourth-order valence-corrected chi connectivity index (χ4v) is 1.48. The minimum Gasteiger partial charge on any atom is -0.449 e. The first-order valence-electron chi connectivity index (χ1n) is 5.89. The van der Waals surface area contributed by atoms with Crippen molar-refractivity contribution in [2.45, 2.75) is 6.92 Å². The zero-order chi connectivity index (χ0) is 14.4. The maximum Gasteiger partial charge on any atom is 0.426 e. The molecule has 0 saturated heterocycles. The van der Waals surface area contributed by atoms with Crippen LogP contribution in [0.4, 0.5) is 4.79 Å². The van der Waals surface area contributed by atoms with Crippen LogP contribution in [0, 0.1) is 0 Å². The molecule has 0 fully saturated rings. The Labute approximate surface area is 114 Å². The van der Waals surface area contributed by atoms with Crippen molar-refractivity contribution < 1.29 is 14.3 Å². The maximum absolute atomic E-state index is 11.8. The van der Waals surface area contributed by atoms with Gasteiger partial charge < -0.3 is 4.74 Å². The monoisotopic (exact) mass is 275 g/mol. The predicted octanol–water partition coefficient (Wildman–Crippen LogP) is 0.658. The van der Waals surface area contributed by atoms with E-state index < -0.39 is 12.0 Å². The van der Waals surface area contributed by atoms with E-state index in [9.17, 15) is 9.59 Å². The summed E-state index contributed by atoms with van der Waals surface area (Å²) in [6, 6.07) is 6.72. The Morgan fingerprint density at radius 3 is 2.90 bits per heavy atom. The number of hydrazine groups is 1. The summed E-state index contributed by atoms with van der Waals surface area (Å²) in [5.41, 5.74) is 5.44. The first kappa shape index (κ1) is 13.5. The van der Waals surface area contributed by atoms with Gasteiger partial charge in [0.05, 0.1) is 12.3 Å². The van der Waals surface area contributed by atoms with E-state index >= 15 is 0 Å². The van der Waals surface area contributed by atoms with Crippen LogP contribution < -0.4 is 10.9 Å². The zero-order valence-corrected chi connectivity index (χ0v) is 10.7. The van der Waals surface area contributed by atoms with Crippen LogP contribution in [0.5, 0.6) is 0 Å². The van der Waals surface area contributed by atoms with E-state index in [-0.39, 0.29) is 6.61 Å². The van der Waals surface area contributed by atoms with Crippen LogP contribution in [-0.4, -0.2) is 33.4 Å². The molecule has 0 radical (unpaired) electrons. The summed E-state index contributed by atoms with van der Waals surface area (Å²) in [7, 11) is 0. The van der Waals surface area contributed by atoms with E-state index in [1.54, 1.807) is 31.2 Å². The van der Waals surface area contributed by atoms with Gasteiger partial charge in [0, 0.05) is 5.56 Å². The molecule has 0 bridgehead atoms. The quantitative estimate of drug-likeness (QED) is 0.802. The lowest BCUT2D eigenvalue weighted by atomic mass is 10.2. The van der Waals surface area contributed by atoms with E-state index in [2.05, 4.69) is 25.7 Å². The van der Waals surface area contributed by atoms with E-state index in [1.807, 2.05) is 0 Å². The highest BCUT2D eigenvalue weighted by Crippen LogP contribution is 2.08. The van der Waals surface area contributed by atoms with Crippen molar-refractivity contribution in [2.24, 2.45) is 0 Å². The number of amides is 2. The number of carbonyl (C=O) groups excluding carboxylic acids is 2. The minimum atomic E-state index is -0.715. The van der Waals surface area contributed by atoms with Gasteiger partial charge >= 0.3 is 6.09 Å². The lowest BCUT2D eigenvalue weighted by Gasteiger charge is -2.08. The molecule has 2 amide bonds. The van der Waals surface area contributed by atoms with Crippen molar-refractivity contribution in [2.75, 3.05) is 6.61 Å². The molecule has 0 aliphatic heterocycles. The fourth-order valence-electron chi connectivity index (χ4n) is 1.48. The van der Waals surface area contributed by atoms with Gasteiger partial charge in [-0.1, -0.05) is 6.07 Å². The third-order valence-electron chi connectivity index (χ3n) is 2.35. The summed E-state index contributed by atoms with van der Waals surface area (Å²) < 4.78 is 6.15. The lowest BCUT2D eigenvalue weighted by Crippen LogP contribution is -2.41. The Bertz CT molecular complexity index is 597. The topological polar surface area (TPSA) is 98.1 Å².